The summed E-state index contributed by atoms with van der Waals surface area (Å²) in [4.78, 5) is 23.8. The van der Waals surface area contributed by atoms with Crippen molar-refractivity contribution in [3.05, 3.63) is 10.0 Å². The molecular weight excluding hydrogens is 334 g/mol. The molecule has 1 unspecified atom stereocenters. The Labute approximate surface area is 145 Å². The van der Waals surface area contributed by atoms with E-state index < -0.39 is 0 Å². The summed E-state index contributed by atoms with van der Waals surface area (Å²) in [6, 6.07) is -0.266. The number of nitriles is 1. The van der Waals surface area contributed by atoms with E-state index in [9.17, 15) is 4.79 Å². The van der Waals surface area contributed by atoms with Gasteiger partial charge < -0.3 is 4.90 Å². The molecule has 0 aliphatic carbocycles. The van der Waals surface area contributed by atoms with Crippen molar-refractivity contribution in [1.82, 2.24) is 14.8 Å². The van der Waals surface area contributed by atoms with Crippen LogP contribution in [0.3, 0.4) is 0 Å². The molecule has 2 aliphatic heterocycles. The van der Waals surface area contributed by atoms with Gasteiger partial charge in [-0.25, -0.2) is 4.98 Å². The van der Waals surface area contributed by atoms with Crippen LogP contribution < -0.4 is 4.90 Å². The zero-order valence-electron chi connectivity index (χ0n) is 13.5. The minimum Gasteiger partial charge on any atom is -0.307 e. The molecule has 2 aliphatic rings. The number of hydrogen-bond acceptors (Lipinski definition) is 6. The number of piperazine rings is 2. The van der Waals surface area contributed by atoms with Crippen molar-refractivity contribution in [3.8, 4) is 6.19 Å². The Morgan fingerprint density at radius 3 is 2.61 bits per heavy atom. The standard InChI is InChI=1S/C15H20ClN5OS/c1-15(2,3)11-12(16)18-14(23-11)21-7-6-20-5-4-19(9-17)8-10(20)13(21)22/h10H,4-8H2,1-3H3. The Kier molecular flexibility index (Phi) is 4.25. The molecule has 0 radical (unpaired) electrons. The third-order valence-corrected chi connectivity index (χ3v) is 6.17. The molecule has 3 rings (SSSR count). The van der Waals surface area contributed by atoms with Gasteiger partial charge in [0.2, 0.25) is 5.91 Å². The Hall–Kier alpha value is -1.36. The zero-order valence-corrected chi connectivity index (χ0v) is 15.1. The fourth-order valence-electron chi connectivity index (χ4n) is 2.99. The molecule has 0 bridgehead atoms. The molecule has 3 heterocycles. The minimum absolute atomic E-state index is 0.0158. The molecule has 1 amide bonds. The first-order chi connectivity index (χ1) is 10.8. The first-order valence-electron chi connectivity index (χ1n) is 7.68. The van der Waals surface area contributed by atoms with Crippen molar-refractivity contribution in [3.63, 3.8) is 0 Å². The van der Waals surface area contributed by atoms with Crippen LogP contribution in [0.4, 0.5) is 5.13 Å². The smallest absolute Gasteiger partial charge is 0.248 e. The number of halogens is 1. The van der Waals surface area contributed by atoms with Crippen molar-refractivity contribution in [2.75, 3.05) is 37.6 Å². The summed E-state index contributed by atoms with van der Waals surface area (Å²) in [6.45, 7) is 9.58. The van der Waals surface area contributed by atoms with Gasteiger partial charge in [0.1, 0.15) is 11.2 Å². The van der Waals surface area contributed by atoms with Crippen LogP contribution in [0.1, 0.15) is 25.6 Å². The quantitative estimate of drug-likeness (QED) is 0.722. The predicted octanol–water partition coefficient (Wildman–Crippen LogP) is 1.91. The van der Waals surface area contributed by atoms with E-state index in [0.29, 0.717) is 29.9 Å². The van der Waals surface area contributed by atoms with E-state index in [1.807, 2.05) is 0 Å². The third kappa shape index (κ3) is 3.03. The Bertz CT molecular complexity index is 662. The van der Waals surface area contributed by atoms with Gasteiger partial charge in [0.25, 0.3) is 0 Å². The lowest BCUT2D eigenvalue weighted by Gasteiger charge is -2.44. The summed E-state index contributed by atoms with van der Waals surface area (Å²) in [5.41, 5.74) is -0.0969. The van der Waals surface area contributed by atoms with Gasteiger partial charge in [0.05, 0.1) is 11.4 Å². The van der Waals surface area contributed by atoms with Crippen LogP contribution in [0.25, 0.3) is 0 Å². The van der Waals surface area contributed by atoms with Gasteiger partial charge in [0, 0.05) is 26.2 Å². The second kappa shape index (κ2) is 5.93. The number of fused-ring (bicyclic) bond motifs is 1. The largest absolute Gasteiger partial charge is 0.307 e. The van der Waals surface area contributed by atoms with E-state index in [0.717, 1.165) is 18.0 Å². The van der Waals surface area contributed by atoms with E-state index in [1.54, 1.807) is 9.80 Å². The molecule has 124 valence electrons. The topological polar surface area (TPSA) is 63.5 Å². The van der Waals surface area contributed by atoms with E-state index in [4.69, 9.17) is 16.9 Å². The van der Waals surface area contributed by atoms with Crippen LogP contribution in [-0.2, 0) is 10.2 Å². The Balaban J connectivity index is 1.85. The van der Waals surface area contributed by atoms with Crippen LogP contribution >= 0.6 is 22.9 Å². The van der Waals surface area contributed by atoms with E-state index in [-0.39, 0.29) is 17.4 Å². The van der Waals surface area contributed by atoms with E-state index in [2.05, 4.69) is 36.8 Å². The third-order valence-electron chi connectivity index (χ3n) is 4.28. The second-order valence-electron chi connectivity index (χ2n) is 6.95. The Morgan fingerprint density at radius 1 is 1.30 bits per heavy atom. The van der Waals surface area contributed by atoms with Gasteiger partial charge in [-0.2, -0.15) is 5.26 Å². The molecule has 1 aromatic rings. The average molecular weight is 354 g/mol. The highest BCUT2D eigenvalue weighted by molar-refractivity contribution is 7.16. The normalized spacial score (nSPS) is 22.9. The van der Waals surface area contributed by atoms with Crippen LogP contribution in [0.5, 0.6) is 0 Å². The lowest BCUT2D eigenvalue weighted by Crippen LogP contribution is -2.64. The summed E-state index contributed by atoms with van der Waals surface area (Å²) >= 11 is 7.77. The van der Waals surface area contributed by atoms with E-state index in [1.165, 1.54) is 11.3 Å². The van der Waals surface area contributed by atoms with Gasteiger partial charge >= 0.3 is 0 Å². The maximum absolute atomic E-state index is 12.9. The molecule has 1 aromatic heterocycles. The van der Waals surface area contributed by atoms with Crippen LogP contribution in [-0.4, -0.2) is 59.5 Å². The number of amides is 1. The first kappa shape index (κ1) is 16.5. The number of nitrogens with zero attached hydrogens (tertiary/aromatic N) is 5. The van der Waals surface area contributed by atoms with Gasteiger partial charge in [-0.3, -0.25) is 14.6 Å². The molecule has 0 aromatic carbocycles. The van der Waals surface area contributed by atoms with Crippen molar-refractivity contribution in [2.24, 2.45) is 0 Å². The number of carbonyl (C=O) groups is 1. The minimum atomic E-state index is -0.266. The van der Waals surface area contributed by atoms with Gasteiger partial charge in [-0.05, 0) is 5.41 Å². The monoisotopic (exact) mass is 353 g/mol. The van der Waals surface area contributed by atoms with E-state index >= 15 is 0 Å². The summed E-state index contributed by atoms with van der Waals surface area (Å²) in [6.07, 6.45) is 2.15. The molecule has 1 atom stereocenters. The van der Waals surface area contributed by atoms with Crippen molar-refractivity contribution in [2.45, 2.75) is 32.2 Å². The number of anilines is 1. The number of rotatable bonds is 1. The number of carbonyl (C=O) groups excluding carboxylic acids is 1. The van der Waals surface area contributed by atoms with Gasteiger partial charge in [-0.1, -0.05) is 43.7 Å². The van der Waals surface area contributed by atoms with Gasteiger partial charge in [0.15, 0.2) is 11.3 Å². The van der Waals surface area contributed by atoms with Crippen LogP contribution in [0, 0.1) is 11.5 Å². The van der Waals surface area contributed by atoms with Crippen LogP contribution in [0.15, 0.2) is 0 Å². The van der Waals surface area contributed by atoms with Crippen molar-refractivity contribution < 1.29 is 4.79 Å². The summed E-state index contributed by atoms with van der Waals surface area (Å²) < 4.78 is 0. The molecule has 0 spiro atoms. The lowest BCUT2D eigenvalue weighted by molar-refractivity contribution is -0.127. The molecule has 0 saturated carbocycles. The molecule has 2 fully saturated rings. The number of thiazole rings is 1. The molecule has 2 saturated heterocycles. The summed E-state index contributed by atoms with van der Waals surface area (Å²) in [5.74, 6) is 0.0158. The highest BCUT2D eigenvalue weighted by atomic mass is 35.5. The summed E-state index contributed by atoms with van der Waals surface area (Å²) in [5, 5.41) is 10.2. The maximum Gasteiger partial charge on any atom is 0.248 e. The fraction of sp³-hybridized carbons (Fsp3) is 0.667. The predicted molar refractivity (Wildman–Crippen MR) is 90.7 cm³/mol. The lowest BCUT2D eigenvalue weighted by atomic mass is 9.95. The maximum atomic E-state index is 12.9. The molecule has 8 heteroatoms. The zero-order chi connectivity index (χ0) is 16.8. The number of aromatic nitrogens is 1. The SMILES string of the molecule is CC(C)(C)c1sc(N2CCN3CCN(C#N)CC3C2=O)nc1Cl. The molecular formula is C15H20ClN5OS. The fourth-order valence-corrected chi connectivity index (χ4v) is 4.57. The molecule has 0 N–H and O–H groups in total. The van der Waals surface area contributed by atoms with Gasteiger partial charge in [-0.15, -0.1) is 0 Å². The highest BCUT2D eigenvalue weighted by Gasteiger charge is 2.40. The first-order valence-corrected chi connectivity index (χ1v) is 8.87. The van der Waals surface area contributed by atoms with Crippen molar-refractivity contribution >= 4 is 34.0 Å². The summed E-state index contributed by atoms with van der Waals surface area (Å²) in [7, 11) is 0. The average Bonchev–Trinajstić information content (AvgIpc) is 2.89. The highest BCUT2D eigenvalue weighted by Crippen LogP contribution is 2.38. The molecule has 23 heavy (non-hydrogen) atoms. The number of hydrogen-bond donors (Lipinski definition) is 0. The van der Waals surface area contributed by atoms with Crippen molar-refractivity contribution in [1.29, 1.82) is 5.26 Å². The Morgan fingerprint density at radius 2 is 2.00 bits per heavy atom. The molecule has 6 nitrogen and oxygen atoms in total. The second-order valence-corrected chi connectivity index (χ2v) is 8.29. The van der Waals surface area contributed by atoms with Crippen LogP contribution in [0.2, 0.25) is 5.15 Å².